The normalized spacial score (nSPS) is 40.6. The molecular weight excluding hydrogens is 709 g/mol. The average Bonchev–Trinajstić information content (AvgIpc) is 3.12. The summed E-state index contributed by atoms with van der Waals surface area (Å²) < 4.78 is 35.5. The highest BCUT2D eigenvalue weighted by atomic mass is 31.2. The molecule has 9 heteroatoms. The zero-order chi connectivity index (χ0) is 38.2. The van der Waals surface area contributed by atoms with Crippen molar-refractivity contribution in [3.05, 3.63) is 0 Å². The average molecular weight is 789 g/mol. The van der Waals surface area contributed by atoms with Crippen LogP contribution in [0.2, 0.25) is 0 Å². The Kier molecular flexibility index (Phi) is 13.5. The smallest absolute Gasteiger partial charge is 0.463 e. The number of ether oxygens (including phenoxy) is 2. The van der Waals surface area contributed by atoms with Crippen LogP contribution in [-0.2, 0) is 27.9 Å². The first kappa shape index (κ1) is 41.2. The molecule has 0 saturated heterocycles. The lowest BCUT2D eigenvalue weighted by Crippen LogP contribution is -2.69. The van der Waals surface area contributed by atoms with E-state index < -0.39 is 13.9 Å². The van der Waals surface area contributed by atoms with Crippen molar-refractivity contribution in [2.45, 2.75) is 147 Å². The maximum atomic E-state index is 12.7. The molecule has 0 aromatic carbocycles. The standard InChI is InChI=1S/C46H78NO7P/c1-47(2,3)24-26-53-55(49,50)54-30-33(29-52-42(48)15-11-8-10-14-32-17-19-39-41(28-32)46-37-23-21-35(37)44(39)46)51-25-12-7-5-4-6-9-13-31-16-18-38-40(27-31)45-36-22-20-34(36)43(38)45/h31-41,43-46H,4-30H2,1-3H3/p+1/t31?,32?,33-,34?,35?,36?,37?,38?,39?,40?,41?,43?,44?,45?,46?/m1/s1. The molecule has 0 aromatic rings. The fourth-order valence-corrected chi connectivity index (χ4v) is 15.2. The molecular formula is C46H79NO7P+. The molecule has 0 spiro atoms. The van der Waals surface area contributed by atoms with E-state index >= 15 is 0 Å². The van der Waals surface area contributed by atoms with Crippen LogP contribution in [0.4, 0.5) is 0 Å². The van der Waals surface area contributed by atoms with Crippen LogP contribution in [0, 0.1) is 82.9 Å². The van der Waals surface area contributed by atoms with Gasteiger partial charge in [0.1, 0.15) is 25.9 Å². The summed E-state index contributed by atoms with van der Waals surface area (Å²) in [7, 11) is 1.76. The van der Waals surface area contributed by atoms with E-state index in [0.717, 1.165) is 109 Å². The van der Waals surface area contributed by atoms with Crippen LogP contribution in [0.1, 0.15) is 141 Å². The lowest BCUT2D eigenvalue weighted by Gasteiger charge is -2.74. The molecule has 0 radical (unpaired) electrons. The highest BCUT2D eigenvalue weighted by Crippen LogP contribution is 2.75. The van der Waals surface area contributed by atoms with Crippen molar-refractivity contribution in [3.8, 4) is 0 Å². The number of phosphoric acid groups is 1. The molecule has 0 aliphatic heterocycles. The van der Waals surface area contributed by atoms with Crippen LogP contribution in [-0.4, -0.2) is 75.6 Å². The number of carbonyl (C=O) groups excluding carboxylic acids is 1. The maximum absolute atomic E-state index is 12.7. The van der Waals surface area contributed by atoms with Gasteiger partial charge in [0.25, 0.3) is 0 Å². The van der Waals surface area contributed by atoms with E-state index in [0.29, 0.717) is 24.1 Å². The topological polar surface area (TPSA) is 91.3 Å². The zero-order valence-electron chi connectivity index (χ0n) is 35.0. The van der Waals surface area contributed by atoms with Crippen LogP contribution in [0.5, 0.6) is 0 Å². The second-order valence-electron chi connectivity index (χ2n) is 21.4. The molecule has 8 aliphatic rings. The van der Waals surface area contributed by atoms with Gasteiger partial charge >= 0.3 is 13.8 Å². The maximum Gasteiger partial charge on any atom is 0.472 e. The van der Waals surface area contributed by atoms with Crippen molar-refractivity contribution < 1.29 is 37.3 Å². The first-order chi connectivity index (χ1) is 26.6. The number of rotatable bonds is 25. The van der Waals surface area contributed by atoms with Crippen molar-refractivity contribution in [1.29, 1.82) is 0 Å². The van der Waals surface area contributed by atoms with E-state index in [-0.39, 0.29) is 25.8 Å². The van der Waals surface area contributed by atoms with Crippen molar-refractivity contribution >= 4 is 13.8 Å². The largest absolute Gasteiger partial charge is 0.472 e. The summed E-state index contributed by atoms with van der Waals surface area (Å²) in [4.78, 5) is 23.0. The third-order valence-corrected chi connectivity index (χ3v) is 18.4. The van der Waals surface area contributed by atoms with Crippen molar-refractivity contribution in [2.75, 3.05) is 54.1 Å². The van der Waals surface area contributed by atoms with E-state index in [2.05, 4.69) is 0 Å². The second-order valence-corrected chi connectivity index (χ2v) is 22.9. The number of phosphoric ester groups is 1. The molecule has 0 amide bonds. The number of fused-ring (bicyclic) bond motifs is 14. The van der Waals surface area contributed by atoms with E-state index in [1.807, 2.05) is 21.1 Å². The molecule has 0 bridgehead atoms. The first-order valence-electron chi connectivity index (χ1n) is 23.8. The zero-order valence-corrected chi connectivity index (χ0v) is 35.9. The van der Waals surface area contributed by atoms with Gasteiger partial charge in [-0.1, -0.05) is 70.6 Å². The van der Waals surface area contributed by atoms with Crippen molar-refractivity contribution in [1.82, 2.24) is 0 Å². The van der Waals surface area contributed by atoms with Gasteiger partial charge in [0.15, 0.2) is 0 Å². The minimum Gasteiger partial charge on any atom is -0.463 e. The monoisotopic (exact) mass is 789 g/mol. The molecule has 16 atom stereocenters. The number of unbranched alkanes of at least 4 members (excludes halogenated alkanes) is 7. The number of quaternary nitrogens is 1. The van der Waals surface area contributed by atoms with Gasteiger partial charge in [0.05, 0.1) is 27.7 Å². The summed E-state index contributed by atoms with van der Waals surface area (Å²) in [5.41, 5.74) is 0. The molecule has 314 valence electrons. The van der Waals surface area contributed by atoms with Crippen molar-refractivity contribution in [2.24, 2.45) is 82.9 Å². The number of hydrogen-bond acceptors (Lipinski definition) is 6. The third-order valence-electron chi connectivity index (χ3n) is 17.5. The molecule has 8 rings (SSSR count). The van der Waals surface area contributed by atoms with Crippen LogP contribution in [0.3, 0.4) is 0 Å². The van der Waals surface area contributed by atoms with Gasteiger partial charge in [-0.25, -0.2) is 4.57 Å². The highest BCUT2D eigenvalue weighted by Gasteiger charge is 2.69. The van der Waals surface area contributed by atoms with Crippen LogP contribution in [0.25, 0.3) is 0 Å². The molecule has 0 heterocycles. The Morgan fingerprint density at radius 2 is 1.07 bits per heavy atom. The van der Waals surface area contributed by atoms with Crippen LogP contribution >= 0.6 is 7.82 Å². The summed E-state index contributed by atoms with van der Waals surface area (Å²) in [5.74, 6) is 15.1. The molecule has 8 nitrogen and oxygen atoms in total. The summed E-state index contributed by atoms with van der Waals surface area (Å²) in [6.45, 7) is 1.09. The van der Waals surface area contributed by atoms with Gasteiger partial charge in [0.2, 0.25) is 0 Å². The van der Waals surface area contributed by atoms with Gasteiger partial charge in [-0.05, 0) is 147 Å². The number of esters is 1. The highest BCUT2D eigenvalue weighted by molar-refractivity contribution is 7.47. The number of likely N-dealkylation sites (N-methyl/N-ethyl adjacent to an activating group) is 1. The SMILES string of the molecule is C[N+](C)(C)CCOP(=O)(O)OC[C@@H](COC(=O)CCCCCC1CCC2C(C1)C1C3CCC3C21)OCCCCCCCCC1CCC2C(C1)C1C3CCC3C21. The molecule has 8 fully saturated rings. The first-order valence-corrected chi connectivity index (χ1v) is 25.3. The molecule has 15 unspecified atom stereocenters. The molecule has 8 saturated carbocycles. The summed E-state index contributed by atoms with van der Waals surface area (Å²) in [6, 6.07) is 0. The minimum atomic E-state index is -4.24. The van der Waals surface area contributed by atoms with Gasteiger partial charge in [-0.15, -0.1) is 0 Å². The Bertz CT molecular complexity index is 1310. The summed E-state index contributed by atoms with van der Waals surface area (Å²) in [5, 5.41) is 0. The Hall–Kier alpha value is -0.500. The van der Waals surface area contributed by atoms with Crippen molar-refractivity contribution in [3.63, 3.8) is 0 Å². The fraction of sp³-hybridized carbons (Fsp3) is 0.978. The van der Waals surface area contributed by atoms with Crippen LogP contribution in [0.15, 0.2) is 0 Å². The lowest BCUT2D eigenvalue weighted by molar-refractivity contribution is -0.870. The fourth-order valence-electron chi connectivity index (χ4n) is 14.4. The number of hydrogen-bond donors (Lipinski definition) is 1. The Morgan fingerprint density at radius 1 is 0.600 bits per heavy atom. The quantitative estimate of drug-likeness (QED) is 0.0426. The molecule has 8 aliphatic carbocycles. The number of nitrogens with zero attached hydrogens (tertiary/aromatic N) is 1. The second kappa shape index (κ2) is 18.0. The predicted molar refractivity (Wildman–Crippen MR) is 216 cm³/mol. The third kappa shape index (κ3) is 9.46. The molecule has 1 N–H and O–H groups in total. The minimum absolute atomic E-state index is 0.0256. The lowest BCUT2D eigenvalue weighted by atomic mass is 9.30. The van der Waals surface area contributed by atoms with Gasteiger partial charge in [-0.2, -0.15) is 0 Å². The van der Waals surface area contributed by atoms with Crippen LogP contribution < -0.4 is 0 Å². The predicted octanol–water partition coefficient (Wildman–Crippen LogP) is 10.1. The number of carbonyl (C=O) groups is 1. The molecule has 55 heavy (non-hydrogen) atoms. The Balaban J connectivity index is 0.668. The van der Waals surface area contributed by atoms with E-state index in [4.69, 9.17) is 18.5 Å². The van der Waals surface area contributed by atoms with Gasteiger partial charge in [0, 0.05) is 13.0 Å². The Morgan fingerprint density at radius 3 is 1.62 bits per heavy atom. The van der Waals surface area contributed by atoms with E-state index in [1.165, 1.54) is 89.9 Å². The van der Waals surface area contributed by atoms with Gasteiger partial charge < -0.3 is 18.9 Å². The van der Waals surface area contributed by atoms with E-state index in [9.17, 15) is 14.3 Å². The summed E-state index contributed by atoms with van der Waals surface area (Å²) >= 11 is 0. The van der Waals surface area contributed by atoms with Gasteiger partial charge in [-0.3, -0.25) is 13.8 Å². The summed E-state index contributed by atoms with van der Waals surface area (Å²) in [6.07, 6.45) is 28.0. The Labute approximate surface area is 334 Å². The van der Waals surface area contributed by atoms with E-state index in [1.54, 1.807) is 19.3 Å². The molecule has 0 aromatic heterocycles.